The Hall–Kier alpha value is -1.70. The average Bonchev–Trinajstić information content (AvgIpc) is 3.10. The number of halogens is 2. The summed E-state index contributed by atoms with van der Waals surface area (Å²) < 4.78 is 52.6. The van der Waals surface area contributed by atoms with E-state index in [1.165, 1.54) is 12.1 Å². The van der Waals surface area contributed by atoms with E-state index in [1.807, 2.05) is 0 Å². The van der Waals surface area contributed by atoms with E-state index in [0.717, 1.165) is 18.4 Å². The summed E-state index contributed by atoms with van der Waals surface area (Å²) >= 11 is 0. The van der Waals surface area contributed by atoms with Gasteiger partial charge >= 0.3 is 6.61 Å². The molecule has 1 aromatic carbocycles. The summed E-state index contributed by atoms with van der Waals surface area (Å²) in [6.45, 7) is -2.50. The van der Waals surface area contributed by atoms with Crippen LogP contribution in [0.2, 0.25) is 0 Å². The number of carbonyl (C=O) groups excluding carboxylic acids is 1. The maximum absolute atomic E-state index is 12.1. The van der Waals surface area contributed by atoms with Gasteiger partial charge in [-0.3, -0.25) is 4.79 Å². The van der Waals surface area contributed by atoms with Crippen molar-refractivity contribution in [3.63, 3.8) is 0 Å². The molecule has 1 aromatic rings. The minimum absolute atomic E-state index is 0.0278. The van der Waals surface area contributed by atoms with Crippen molar-refractivity contribution in [3.05, 3.63) is 29.8 Å². The molecule has 8 heteroatoms. The van der Waals surface area contributed by atoms with Gasteiger partial charge in [0.15, 0.2) is 9.84 Å². The fourth-order valence-electron chi connectivity index (χ4n) is 2.92. The number of benzene rings is 1. The molecule has 2 rings (SSSR count). The molecule has 0 radical (unpaired) electrons. The third kappa shape index (κ3) is 6.61. The molecule has 25 heavy (non-hydrogen) atoms. The van der Waals surface area contributed by atoms with Gasteiger partial charge in [0.25, 0.3) is 0 Å². The number of nitrogens with one attached hydrogen (secondary N) is 1. The van der Waals surface area contributed by atoms with Crippen molar-refractivity contribution in [2.75, 3.05) is 12.3 Å². The maximum Gasteiger partial charge on any atom is 0.387 e. The minimum atomic E-state index is -3.18. The first-order chi connectivity index (χ1) is 11.9. The topological polar surface area (TPSA) is 72.5 Å². The highest BCUT2D eigenvalue weighted by molar-refractivity contribution is 7.92. The second-order valence-corrected chi connectivity index (χ2v) is 8.55. The second-order valence-electron chi connectivity index (χ2n) is 6.15. The van der Waals surface area contributed by atoms with Crippen molar-refractivity contribution in [1.29, 1.82) is 0 Å². The summed E-state index contributed by atoms with van der Waals surface area (Å²) in [7, 11) is -3.18. The smallest absolute Gasteiger partial charge is 0.387 e. The highest BCUT2D eigenvalue weighted by atomic mass is 32.2. The Bertz CT molecular complexity index is 656. The first kappa shape index (κ1) is 19.6. The third-order valence-electron chi connectivity index (χ3n) is 4.31. The van der Waals surface area contributed by atoms with Crippen LogP contribution < -0.4 is 10.1 Å². The zero-order chi connectivity index (χ0) is 18.3. The lowest BCUT2D eigenvalue weighted by molar-refractivity contribution is -0.120. The molecular formula is C17H23F2NO4S. The van der Waals surface area contributed by atoms with Gasteiger partial charge in [-0.25, -0.2) is 8.42 Å². The number of hydrogen-bond donors (Lipinski definition) is 1. The van der Waals surface area contributed by atoms with Crippen molar-refractivity contribution in [2.24, 2.45) is 0 Å². The van der Waals surface area contributed by atoms with Gasteiger partial charge < -0.3 is 10.1 Å². The molecule has 1 amide bonds. The molecular weight excluding hydrogens is 352 g/mol. The zero-order valence-electron chi connectivity index (χ0n) is 13.9. The molecule has 0 spiro atoms. The van der Waals surface area contributed by atoms with Crippen LogP contribution in [0.25, 0.3) is 0 Å². The van der Waals surface area contributed by atoms with Gasteiger partial charge in [-0.05, 0) is 37.0 Å². The van der Waals surface area contributed by atoms with Crippen LogP contribution in [-0.2, 0) is 21.1 Å². The van der Waals surface area contributed by atoms with Gasteiger partial charge in [0.1, 0.15) is 5.75 Å². The quantitative estimate of drug-likeness (QED) is 0.720. The van der Waals surface area contributed by atoms with Crippen LogP contribution in [0.3, 0.4) is 0 Å². The molecule has 1 fully saturated rings. The largest absolute Gasteiger partial charge is 0.435 e. The van der Waals surface area contributed by atoms with Crippen LogP contribution >= 0.6 is 0 Å². The summed E-state index contributed by atoms with van der Waals surface area (Å²) in [6.07, 6.45) is 3.79. The molecule has 0 atom stereocenters. The molecule has 0 heterocycles. The minimum Gasteiger partial charge on any atom is -0.435 e. The Balaban J connectivity index is 1.68. The normalized spacial score (nSPS) is 15.5. The highest BCUT2D eigenvalue weighted by Crippen LogP contribution is 2.25. The lowest BCUT2D eigenvalue weighted by Crippen LogP contribution is -2.29. The number of hydrogen-bond acceptors (Lipinski definition) is 4. The molecule has 1 aliphatic rings. The van der Waals surface area contributed by atoms with Crippen LogP contribution in [0.4, 0.5) is 8.78 Å². The van der Waals surface area contributed by atoms with E-state index in [1.54, 1.807) is 12.1 Å². The number of amides is 1. The van der Waals surface area contributed by atoms with E-state index >= 15 is 0 Å². The van der Waals surface area contributed by atoms with Crippen LogP contribution in [0.1, 0.15) is 37.7 Å². The molecule has 5 nitrogen and oxygen atoms in total. The van der Waals surface area contributed by atoms with Crippen LogP contribution in [-0.4, -0.2) is 38.5 Å². The summed E-state index contributed by atoms with van der Waals surface area (Å²) in [5.41, 5.74) is 0.862. The molecule has 0 aliphatic heterocycles. The molecule has 0 saturated heterocycles. The monoisotopic (exact) mass is 375 g/mol. The van der Waals surface area contributed by atoms with Gasteiger partial charge in [-0.15, -0.1) is 0 Å². The van der Waals surface area contributed by atoms with Gasteiger partial charge in [-0.2, -0.15) is 8.78 Å². The van der Waals surface area contributed by atoms with Crippen LogP contribution in [0.5, 0.6) is 5.75 Å². The second kappa shape index (κ2) is 9.12. The third-order valence-corrected chi connectivity index (χ3v) is 6.57. The number of sulfone groups is 1. The number of carbonyl (C=O) groups is 1. The maximum atomic E-state index is 12.1. The summed E-state index contributed by atoms with van der Waals surface area (Å²) in [5.74, 6) is -0.317. The van der Waals surface area contributed by atoms with E-state index < -0.39 is 16.4 Å². The number of ether oxygens (including phenoxy) is 1. The Kier molecular flexibility index (Phi) is 7.16. The fraction of sp³-hybridized carbons (Fsp3) is 0.588. The van der Waals surface area contributed by atoms with Crippen molar-refractivity contribution in [3.8, 4) is 5.75 Å². The molecule has 0 unspecified atom stereocenters. The Labute approximate surface area is 146 Å². The van der Waals surface area contributed by atoms with E-state index in [2.05, 4.69) is 10.1 Å². The highest BCUT2D eigenvalue weighted by Gasteiger charge is 2.28. The standard InChI is InChI=1S/C17H23F2NO4S/c18-17(19)24-14-7-5-13(6-8-14)9-11-20-16(21)10-12-25(22,23)15-3-1-2-4-15/h5-8,15,17H,1-4,9-12H2,(H,20,21). The Morgan fingerprint density at radius 3 is 2.44 bits per heavy atom. The van der Waals surface area contributed by atoms with Crippen LogP contribution in [0, 0.1) is 0 Å². The molecule has 0 aromatic heterocycles. The predicted octanol–water partition coefficient (Wildman–Crippen LogP) is 2.69. The number of alkyl halides is 2. The Morgan fingerprint density at radius 1 is 1.20 bits per heavy atom. The van der Waals surface area contributed by atoms with E-state index in [4.69, 9.17) is 0 Å². The molecule has 140 valence electrons. The van der Waals surface area contributed by atoms with Gasteiger partial charge in [0, 0.05) is 13.0 Å². The van der Waals surface area contributed by atoms with Gasteiger partial charge in [0.05, 0.1) is 11.0 Å². The predicted molar refractivity (Wildman–Crippen MR) is 90.4 cm³/mol. The van der Waals surface area contributed by atoms with Crippen molar-refractivity contribution < 1.29 is 26.7 Å². The van der Waals surface area contributed by atoms with Gasteiger partial charge in [-0.1, -0.05) is 25.0 Å². The van der Waals surface area contributed by atoms with Crippen molar-refractivity contribution in [2.45, 2.75) is 50.4 Å². The molecule has 1 N–H and O–H groups in total. The average molecular weight is 375 g/mol. The number of rotatable bonds is 9. The lowest BCUT2D eigenvalue weighted by atomic mass is 10.1. The molecule has 1 aliphatic carbocycles. The van der Waals surface area contributed by atoms with E-state index in [0.29, 0.717) is 25.8 Å². The first-order valence-corrected chi connectivity index (χ1v) is 10.1. The first-order valence-electron chi connectivity index (χ1n) is 8.39. The van der Waals surface area contributed by atoms with E-state index in [9.17, 15) is 22.0 Å². The SMILES string of the molecule is O=C(CCS(=O)(=O)C1CCCC1)NCCc1ccc(OC(F)F)cc1. The summed E-state index contributed by atoms with van der Waals surface area (Å²) in [4.78, 5) is 11.8. The van der Waals surface area contributed by atoms with Crippen molar-refractivity contribution >= 4 is 15.7 Å². The lowest BCUT2D eigenvalue weighted by Gasteiger charge is -2.11. The zero-order valence-corrected chi connectivity index (χ0v) is 14.7. The Morgan fingerprint density at radius 2 is 1.84 bits per heavy atom. The van der Waals surface area contributed by atoms with E-state index in [-0.39, 0.29) is 29.1 Å². The molecule has 1 saturated carbocycles. The van der Waals surface area contributed by atoms with Crippen molar-refractivity contribution in [1.82, 2.24) is 5.32 Å². The summed E-state index contributed by atoms with van der Waals surface area (Å²) in [6, 6.07) is 6.18. The fourth-order valence-corrected chi connectivity index (χ4v) is 4.78. The van der Waals surface area contributed by atoms with Crippen LogP contribution in [0.15, 0.2) is 24.3 Å². The summed E-state index contributed by atoms with van der Waals surface area (Å²) in [5, 5.41) is 2.40. The molecule has 0 bridgehead atoms. The van der Waals surface area contributed by atoms with Gasteiger partial charge in [0.2, 0.25) is 5.91 Å².